The van der Waals surface area contributed by atoms with Gasteiger partial charge in [0.05, 0.1) is 0 Å². The van der Waals surface area contributed by atoms with Crippen LogP contribution in [0.4, 0.5) is 0 Å². The molecule has 1 unspecified atom stereocenters. The molecule has 0 fully saturated rings. The van der Waals surface area contributed by atoms with E-state index in [1.165, 1.54) is 27.6 Å². The molecule has 0 radical (unpaired) electrons. The van der Waals surface area contributed by atoms with Crippen molar-refractivity contribution in [2.45, 2.75) is 65.2 Å². The largest absolute Gasteiger partial charge is 0.507 e. The van der Waals surface area contributed by atoms with Crippen LogP contribution < -0.4 is 4.74 Å². The van der Waals surface area contributed by atoms with E-state index in [0.717, 1.165) is 28.0 Å². The van der Waals surface area contributed by atoms with Crippen molar-refractivity contribution in [1.82, 2.24) is 0 Å². The zero-order chi connectivity index (χ0) is 24.4. The van der Waals surface area contributed by atoms with Crippen LogP contribution in [0, 0.1) is 6.92 Å². The van der Waals surface area contributed by atoms with Crippen LogP contribution in [0.5, 0.6) is 17.2 Å². The van der Waals surface area contributed by atoms with E-state index in [1.807, 2.05) is 6.07 Å². The van der Waals surface area contributed by atoms with E-state index in [0.29, 0.717) is 5.75 Å². The van der Waals surface area contributed by atoms with Crippen LogP contribution in [-0.4, -0.2) is 5.11 Å². The minimum Gasteiger partial charge on any atom is -0.507 e. The second-order valence-electron chi connectivity index (χ2n) is 11.7. The van der Waals surface area contributed by atoms with Gasteiger partial charge >= 0.3 is 0 Å². The predicted molar refractivity (Wildman–Crippen MR) is 142 cm³/mol. The number of hydrogen-bond donors (Lipinski definition) is 1. The van der Waals surface area contributed by atoms with Crippen LogP contribution in [-0.2, 0) is 10.8 Å². The molecular weight excluding hydrogens is 416 g/mol. The summed E-state index contributed by atoms with van der Waals surface area (Å²) < 4.78 is 6.59. The predicted octanol–water partition coefficient (Wildman–Crippen LogP) is 8.73. The van der Waals surface area contributed by atoms with Gasteiger partial charge in [0.1, 0.15) is 17.2 Å². The first-order chi connectivity index (χ1) is 16.0. The summed E-state index contributed by atoms with van der Waals surface area (Å²) in [5.41, 5.74) is 6.39. The normalized spacial score (nSPS) is 15.6. The van der Waals surface area contributed by atoms with E-state index in [9.17, 15) is 5.11 Å². The number of fused-ring (bicyclic) bond motifs is 4. The Bertz CT molecular complexity index is 1380. The van der Waals surface area contributed by atoms with Crippen LogP contribution in [0.1, 0.15) is 80.8 Å². The number of benzene rings is 4. The minimum atomic E-state index is -0.188. The molecule has 0 spiro atoms. The highest BCUT2D eigenvalue weighted by molar-refractivity contribution is 5.92. The number of rotatable bonds is 1. The molecule has 0 saturated carbocycles. The second-order valence-corrected chi connectivity index (χ2v) is 11.7. The Balaban J connectivity index is 1.88. The Morgan fingerprint density at radius 2 is 1.35 bits per heavy atom. The lowest BCUT2D eigenvalue weighted by atomic mass is 9.73. The van der Waals surface area contributed by atoms with E-state index in [1.54, 1.807) is 0 Å². The zero-order valence-electron chi connectivity index (χ0n) is 21.3. The first-order valence-corrected chi connectivity index (χ1v) is 12.1. The topological polar surface area (TPSA) is 29.5 Å². The smallest absolute Gasteiger partial charge is 0.139 e. The Morgan fingerprint density at radius 3 is 2.00 bits per heavy atom. The molecule has 0 aliphatic carbocycles. The van der Waals surface area contributed by atoms with Crippen LogP contribution in [0.25, 0.3) is 10.8 Å². The number of phenols is 1. The van der Waals surface area contributed by atoms with Crippen LogP contribution >= 0.6 is 0 Å². The third kappa shape index (κ3) is 3.57. The van der Waals surface area contributed by atoms with Gasteiger partial charge < -0.3 is 9.84 Å². The standard InChI is InChI=1S/C32H34O2/c1-19-16-20-12-8-9-13-22(20)30-27(19)28(23-14-10-11-15-26(23)34-30)21-17-24(31(2,3)4)29(33)25(18-21)32(5,6)7/h8-18,28,33H,1-7H3. The lowest BCUT2D eigenvalue weighted by Crippen LogP contribution is -2.20. The van der Waals surface area contributed by atoms with E-state index in [-0.39, 0.29) is 16.7 Å². The lowest BCUT2D eigenvalue weighted by molar-refractivity contribution is 0.422. The maximum Gasteiger partial charge on any atom is 0.139 e. The number of aromatic hydroxyl groups is 1. The number of para-hydroxylation sites is 1. The molecule has 0 aromatic heterocycles. The molecule has 5 rings (SSSR count). The first kappa shape index (κ1) is 22.5. The van der Waals surface area contributed by atoms with Crippen LogP contribution in [0.3, 0.4) is 0 Å². The molecule has 1 aliphatic heterocycles. The van der Waals surface area contributed by atoms with E-state index < -0.39 is 0 Å². The summed E-state index contributed by atoms with van der Waals surface area (Å²) in [6.45, 7) is 15.2. The molecule has 2 nitrogen and oxygen atoms in total. The van der Waals surface area contributed by atoms with Gasteiger partial charge in [0.2, 0.25) is 0 Å². The summed E-state index contributed by atoms with van der Waals surface area (Å²) in [6, 6.07) is 23.5. The average molecular weight is 451 g/mol. The molecule has 0 amide bonds. The van der Waals surface area contributed by atoms with Gasteiger partial charge in [0.25, 0.3) is 0 Å². The fourth-order valence-electron chi connectivity index (χ4n) is 5.32. The van der Waals surface area contributed by atoms with Crippen molar-refractivity contribution >= 4 is 10.8 Å². The van der Waals surface area contributed by atoms with Gasteiger partial charge in [-0.25, -0.2) is 0 Å². The van der Waals surface area contributed by atoms with Crippen molar-refractivity contribution in [2.75, 3.05) is 0 Å². The summed E-state index contributed by atoms with van der Waals surface area (Å²) in [6.07, 6.45) is 0. The average Bonchev–Trinajstić information content (AvgIpc) is 2.76. The van der Waals surface area contributed by atoms with E-state index in [4.69, 9.17) is 4.74 Å². The highest BCUT2D eigenvalue weighted by Gasteiger charge is 2.34. The van der Waals surface area contributed by atoms with Gasteiger partial charge in [-0.05, 0) is 51.5 Å². The Labute approximate surface area is 203 Å². The van der Waals surface area contributed by atoms with Crippen LogP contribution in [0.15, 0.2) is 66.7 Å². The highest BCUT2D eigenvalue weighted by Crippen LogP contribution is 2.52. The van der Waals surface area contributed by atoms with Gasteiger partial charge in [-0.1, -0.05) is 102 Å². The Hall–Kier alpha value is -3.26. The highest BCUT2D eigenvalue weighted by atomic mass is 16.5. The SMILES string of the molecule is Cc1cc2ccccc2c2c1C(c1cc(C(C)(C)C)c(O)c(C(C)(C)C)c1)c1ccccc1O2. The van der Waals surface area contributed by atoms with Crippen molar-refractivity contribution in [3.63, 3.8) is 0 Å². The molecule has 0 saturated heterocycles. The molecule has 1 N–H and O–H groups in total. The fraction of sp³-hybridized carbons (Fsp3) is 0.312. The maximum atomic E-state index is 11.3. The second kappa shape index (κ2) is 7.63. The van der Waals surface area contributed by atoms with Gasteiger partial charge in [0.15, 0.2) is 0 Å². The third-order valence-electron chi connectivity index (χ3n) is 7.06. The molecule has 34 heavy (non-hydrogen) atoms. The van der Waals surface area contributed by atoms with Gasteiger partial charge in [-0.2, -0.15) is 0 Å². The molecular formula is C32H34O2. The van der Waals surface area contributed by atoms with E-state index >= 15 is 0 Å². The van der Waals surface area contributed by atoms with Gasteiger partial charge in [-0.15, -0.1) is 0 Å². The molecule has 1 heterocycles. The summed E-state index contributed by atoms with van der Waals surface area (Å²) in [5.74, 6) is 2.28. The van der Waals surface area contributed by atoms with E-state index in [2.05, 4.69) is 109 Å². The molecule has 1 atom stereocenters. The van der Waals surface area contributed by atoms with Crippen LogP contribution in [0.2, 0.25) is 0 Å². The molecule has 0 bridgehead atoms. The zero-order valence-corrected chi connectivity index (χ0v) is 21.3. The minimum absolute atomic E-state index is 0.0207. The van der Waals surface area contributed by atoms with Gasteiger partial charge in [-0.3, -0.25) is 0 Å². The summed E-state index contributed by atoms with van der Waals surface area (Å²) in [5, 5.41) is 13.7. The molecule has 4 aromatic carbocycles. The first-order valence-electron chi connectivity index (χ1n) is 12.1. The number of phenolic OH excluding ortho intramolecular Hbond substituents is 1. The van der Waals surface area contributed by atoms with Crippen molar-refractivity contribution in [3.05, 3.63) is 100 Å². The fourth-order valence-corrected chi connectivity index (χ4v) is 5.32. The lowest BCUT2D eigenvalue weighted by Gasteiger charge is -2.34. The van der Waals surface area contributed by atoms with Crippen molar-refractivity contribution < 1.29 is 9.84 Å². The van der Waals surface area contributed by atoms with Crippen molar-refractivity contribution in [2.24, 2.45) is 0 Å². The summed E-state index contributed by atoms with van der Waals surface area (Å²) in [7, 11) is 0. The summed E-state index contributed by atoms with van der Waals surface area (Å²) in [4.78, 5) is 0. The van der Waals surface area contributed by atoms with Crippen molar-refractivity contribution in [3.8, 4) is 17.2 Å². The molecule has 1 aliphatic rings. The number of aryl methyl sites for hydroxylation is 1. The quantitative estimate of drug-likeness (QED) is 0.277. The monoisotopic (exact) mass is 450 g/mol. The van der Waals surface area contributed by atoms with Crippen molar-refractivity contribution in [1.29, 1.82) is 0 Å². The number of ether oxygens (including phenoxy) is 1. The number of hydrogen-bond acceptors (Lipinski definition) is 2. The Morgan fingerprint density at radius 1 is 0.765 bits per heavy atom. The maximum absolute atomic E-state index is 11.3. The Kier molecular flexibility index (Phi) is 5.06. The molecule has 2 heteroatoms. The molecule has 174 valence electrons. The molecule has 4 aromatic rings. The van der Waals surface area contributed by atoms with Gasteiger partial charge in [0, 0.05) is 22.4 Å². The third-order valence-corrected chi connectivity index (χ3v) is 7.06. The summed E-state index contributed by atoms with van der Waals surface area (Å²) >= 11 is 0.